The first-order chi connectivity index (χ1) is 13.4. The number of hydrogen-bond acceptors (Lipinski definition) is 7. The highest BCUT2D eigenvalue weighted by Gasteiger charge is 2.23. The molecule has 9 nitrogen and oxygen atoms in total. The number of rotatable bonds is 6. The van der Waals surface area contributed by atoms with Gasteiger partial charge in [0.05, 0.1) is 4.92 Å². The molecule has 0 fully saturated rings. The maximum absolute atomic E-state index is 13.0. The van der Waals surface area contributed by atoms with Gasteiger partial charge < -0.3 is 5.32 Å². The summed E-state index contributed by atoms with van der Waals surface area (Å²) in [5.41, 5.74) is 4.57. The molecule has 1 heterocycles. The van der Waals surface area contributed by atoms with Gasteiger partial charge in [-0.1, -0.05) is 0 Å². The maximum Gasteiger partial charge on any atom is 0.355 e. The smallest absolute Gasteiger partial charge is 0.334 e. The largest absolute Gasteiger partial charge is 0.355 e. The van der Waals surface area contributed by atoms with Crippen molar-refractivity contribution >= 4 is 28.9 Å². The first-order valence-corrected chi connectivity index (χ1v) is 7.78. The molecule has 2 aromatic carbocycles. The molecular weight excluding hydrogens is 374 g/mol. The van der Waals surface area contributed by atoms with Crippen LogP contribution in [0.25, 0.3) is 0 Å². The van der Waals surface area contributed by atoms with Crippen LogP contribution < -0.4 is 16.2 Å². The van der Waals surface area contributed by atoms with Crippen molar-refractivity contribution in [2.45, 2.75) is 0 Å². The van der Waals surface area contributed by atoms with E-state index in [1.54, 1.807) is 0 Å². The molecule has 3 aromatic rings. The summed E-state index contributed by atoms with van der Waals surface area (Å²) >= 11 is 0. The summed E-state index contributed by atoms with van der Waals surface area (Å²) in [5, 5.41) is 14.2. The lowest BCUT2D eigenvalue weighted by molar-refractivity contribution is -0.383. The zero-order valence-electron chi connectivity index (χ0n) is 14.0. The van der Waals surface area contributed by atoms with Crippen molar-refractivity contribution in [2.24, 2.45) is 0 Å². The lowest BCUT2D eigenvalue weighted by Crippen LogP contribution is -2.30. The summed E-state index contributed by atoms with van der Waals surface area (Å²) in [6.45, 7) is 0. The predicted octanol–water partition coefficient (Wildman–Crippen LogP) is 3.16. The minimum Gasteiger partial charge on any atom is -0.334 e. The normalized spacial score (nSPS) is 10.2. The number of hydrazine groups is 1. The van der Waals surface area contributed by atoms with Crippen LogP contribution in [0.3, 0.4) is 0 Å². The molecule has 0 saturated heterocycles. The molecule has 1 amide bonds. The second kappa shape index (κ2) is 8.03. The van der Waals surface area contributed by atoms with Crippen LogP contribution in [0.4, 0.5) is 31.8 Å². The third-order valence-electron chi connectivity index (χ3n) is 3.51. The number of aromatic nitrogens is 2. The molecule has 0 saturated carbocycles. The number of benzene rings is 2. The lowest BCUT2D eigenvalue weighted by Gasteiger charge is -2.11. The molecule has 0 aliphatic rings. The van der Waals surface area contributed by atoms with E-state index in [4.69, 9.17) is 0 Å². The second-order valence-corrected chi connectivity index (χ2v) is 5.39. The Bertz CT molecular complexity index is 1010. The fourth-order valence-electron chi connectivity index (χ4n) is 2.19. The standard InChI is InChI=1S/C17H12F2N6O3/c18-11-3-1-10(2-4-11)17(26)24-23-16-14(25(27)28)15(20-9-21-16)22-13-7-5-12(19)6-8-13/h1-9H,(H,24,26)(H2,20,21,22,23). The molecule has 11 heteroatoms. The summed E-state index contributed by atoms with van der Waals surface area (Å²) in [4.78, 5) is 30.4. The molecule has 0 atom stereocenters. The van der Waals surface area contributed by atoms with Crippen molar-refractivity contribution in [2.75, 3.05) is 10.7 Å². The van der Waals surface area contributed by atoms with E-state index in [9.17, 15) is 23.7 Å². The van der Waals surface area contributed by atoms with Crippen LogP contribution in [0.5, 0.6) is 0 Å². The number of amides is 1. The predicted molar refractivity (Wildman–Crippen MR) is 95.9 cm³/mol. The summed E-state index contributed by atoms with van der Waals surface area (Å²) in [7, 11) is 0. The van der Waals surface area contributed by atoms with Gasteiger partial charge in [0.1, 0.15) is 18.0 Å². The molecule has 0 aliphatic carbocycles. The van der Waals surface area contributed by atoms with Gasteiger partial charge in [-0.05, 0) is 48.5 Å². The van der Waals surface area contributed by atoms with Gasteiger partial charge in [-0.2, -0.15) is 0 Å². The molecule has 142 valence electrons. The van der Waals surface area contributed by atoms with Gasteiger partial charge in [-0.25, -0.2) is 18.7 Å². The van der Waals surface area contributed by atoms with Crippen LogP contribution in [0.2, 0.25) is 0 Å². The molecule has 28 heavy (non-hydrogen) atoms. The highest BCUT2D eigenvalue weighted by molar-refractivity contribution is 5.95. The molecule has 0 aliphatic heterocycles. The van der Waals surface area contributed by atoms with E-state index in [1.807, 2.05) is 0 Å². The van der Waals surface area contributed by atoms with Crippen LogP contribution >= 0.6 is 0 Å². The van der Waals surface area contributed by atoms with E-state index in [0.29, 0.717) is 5.69 Å². The van der Waals surface area contributed by atoms with Crippen LogP contribution in [0.15, 0.2) is 54.9 Å². The molecule has 0 spiro atoms. The molecule has 0 radical (unpaired) electrons. The molecule has 1 aromatic heterocycles. The van der Waals surface area contributed by atoms with Gasteiger partial charge in [0.15, 0.2) is 0 Å². The Kier molecular flexibility index (Phi) is 5.35. The minimum absolute atomic E-state index is 0.135. The highest BCUT2D eigenvalue weighted by atomic mass is 19.1. The van der Waals surface area contributed by atoms with Gasteiger partial charge in [-0.15, -0.1) is 0 Å². The Balaban J connectivity index is 1.80. The van der Waals surface area contributed by atoms with E-state index in [1.165, 1.54) is 36.4 Å². The zero-order chi connectivity index (χ0) is 20.1. The average molecular weight is 386 g/mol. The Morgan fingerprint density at radius 3 is 2.11 bits per heavy atom. The van der Waals surface area contributed by atoms with Crippen molar-refractivity contribution in [3.63, 3.8) is 0 Å². The molecule has 3 rings (SSSR count). The minimum atomic E-state index is -0.738. The van der Waals surface area contributed by atoms with Crippen molar-refractivity contribution in [3.8, 4) is 0 Å². The van der Waals surface area contributed by atoms with Gasteiger partial charge >= 0.3 is 5.69 Å². The Morgan fingerprint density at radius 2 is 1.50 bits per heavy atom. The number of anilines is 3. The Morgan fingerprint density at radius 1 is 0.929 bits per heavy atom. The van der Waals surface area contributed by atoms with Gasteiger partial charge in [0.25, 0.3) is 5.91 Å². The highest BCUT2D eigenvalue weighted by Crippen LogP contribution is 2.30. The van der Waals surface area contributed by atoms with Crippen molar-refractivity contribution in [1.82, 2.24) is 15.4 Å². The number of halogens is 2. The van der Waals surface area contributed by atoms with Gasteiger partial charge in [0, 0.05) is 11.3 Å². The van der Waals surface area contributed by atoms with Crippen molar-refractivity contribution in [3.05, 3.63) is 82.2 Å². The van der Waals surface area contributed by atoms with Gasteiger partial charge in [0.2, 0.25) is 11.6 Å². The van der Waals surface area contributed by atoms with Crippen LogP contribution in [-0.2, 0) is 0 Å². The maximum atomic E-state index is 13.0. The molecular formula is C17H12F2N6O3. The van der Waals surface area contributed by atoms with E-state index in [0.717, 1.165) is 18.5 Å². The summed E-state index contributed by atoms with van der Waals surface area (Å²) in [6.07, 6.45) is 1.05. The topological polar surface area (TPSA) is 122 Å². The summed E-state index contributed by atoms with van der Waals surface area (Å²) in [6, 6.07) is 9.83. The van der Waals surface area contributed by atoms with Crippen LogP contribution in [-0.4, -0.2) is 20.8 Å². The summed E-state index contributed by atoms with van der Waals surface area (Å²) in [5.74, 6) is -2.06. The first-order valence-electron chi connectivity index (χ1n) is 7.78. The quantitative estimate of drug-likeness (QED) is 0.439. The number of carbonyl (C=O) groups is 1. The van der Waals surface area contributed by atoms with E-state index < -0.39 is 28.2 Å². The number of nitrogens with one attached hydrogen (secondary N) is 3. The van der Waals surface area contributed by atoms with Crippen LogP contribution in [0, 0.1) is 21.7 Å². The molecule has 3 N–H and O–H groups in total. The number of carbonyl (C=O) groups excluding carboxylic acids is 1. The Labute approximate surface area is 156 Å². The van der Waals surface area contributed by atoms with E-state index in [2.05, 4.69) is 26.1 Å². The third kappa shape index (κ3) is 4.33. The van der Waals surface area contributed by atoms with E-state index >= 15 is 0 Å². The molecule has 0 bridgehead atoms. The fourth-order valence-corrected chi connectivity index (χ4v) is 2.19. The van der Waals surface area contributed by atoms with Gasteiger partial charge in [-0.3, -0.25) is 25.8 Å². The number of nitrogens with zero attached hydrogens (tertiary/aromatic N) is 3. The zero-order valence-corrected chi connectivity index (χ0v) is 14.0. The molecule has 0 unspecified atom stereocenters. The number of hydrogen-bond donors (Lipinski definition) is 3. The lowest BCUT2D eigenvalue weighted by atomic mass is 10.2. The average Bonchev–Trinajstić information content (AvgIpc) is 2.68. The van der Waals surface area contributed by atoms with E-state index in [-0.39, 0.29) is 17.2 Å². The monoisotopic (exact) mass is 386 g/mol. The second-order valence-electron chi connectivity index (χ2n) is 5.39. The summed E-state index contributed by atoms with van der Waals surface area (Å²) < 4.78 is 25.9. The first kappa shape index (κ1) is 18.6. The number of nitro groups is 1. The third-order valence-corrected chi connectivity index (χ3v) is 3.51. The van der Waals surface area contributed by atoms with Crippen molar-refractivity contribution in [1.29, 1.82) is 0 Å². The van der Waals surface area contributed by atoms with Crippen LogP contribution in [0.1, 0.15) is 10.4 Å². The Hall–Kier alpha value is -4.15. The van der Waals surface area contributed by atoms with Crippen molar-refractivity contribution < 1.29 is 18.5 Å². The fraction of sp³-hybridized carbons (Fsp3) is 0. The SMILES string of the molecule is O=C(NNc1ncnc(Nc2ccc(F)cc2)c1[N+](=O)[O-])c1ccc(F)cc1.